The second kappa shape index (κ2) is 6.98. The number of fused-ring (bicyclic) bond motifs is 1. The van der Waals surface area contributed by atoms with Crippen molar-refractivity contribution < 1.29 is 0 Å². The summed E-state index contributed by atoms with van der Waals surface area (Å²) in [6, 6.07) is 15.0. The minimum atomic E-state index is 0.643. The molecule has 2 aromatic carbocycles. The van der Waals surface area contributed by atoms with Crippen molar-refractivity contribution in [3.63, 3.8) is 0 Å². The first kappa shape index (κ1) is 13.7. The van der Waals surface area contributed by atoms with E-state index in [1.54, 1.807) is 0 Å². The summed E-state index contributed by atoms with van der Waals surface area (Å²) in [6.45, 7) is 2.66. The van der Waals surface area contributed by atoms with E-state index in [9.17, 15) is 0 Å². The van der Waals surface area contributed by atoms with Crippen LogP contribution in [0.2, 0.25) is 0 Å². The van der Waals surface area contributed by atoms with Gasteiger partial charge in [0.2, 0.25) is 0 Å². The van der Waals surface area contributed by atoms with Crippen molar-refractivity contribution >= 4 is 34.0 Å². The van der Waals surface area contributed by atoms with Gasteiger partial charge in [-0.2, -0.15) is 0 Å². The topological polar surface area (TPSA) is 3.24 Å². The highest BCUT2D eigenvalue weighted by molar-refractivity contribution is 6.18. The third-order valence-corrected chi connectivity index (χ3v) is 3.36. The monoisotopic (exact) mass is 281 g/mol. The van der Waals surface area contributed by atoms with Crippen molar-refractivity contribution in [1.29, 1.82) is 0 Å². The van der Waals surface area contributed by atoms with Gasteiger partial charge in [0.15, 0.2) is 0 Å². The Kier molecular flexibility index (Phi) is 5.30. The zero-order valence-corrected chi connectivity index (χ0v) is 11.8. The van der Waals surface area contributed by atoms with Gasteiger partial charge in [-0.1, -0.05) is 36.4 Å². The number of hydrogen-bond acceptors (Lipinski definition) is 1. The van der Waals surface area contributed by atoms with Crippen molar-refractivity contribution in [3.05, 3.63) is 48.0 Å². The molecular weight excluding hydrogens is 265 g/mol. The van der Waals surface area contributed by atoms with Crippen LogP contribution in [0.5, 0.6) is 0 Å². The van der Waals surface area contributed by atoms with Crippen LogP contribution < -0.4 is 0 Å². The molecule has 0 fully saturated rings. The quantitative estimate of drug-likeness (QED) is 0.720. The fourth-order valence-corrected chi connectivity index (χ4v) is 2.58. The first-order valence-electron chi connectivity index (χ1n) is 6.15. The van der Waals surface area contributed by atoms with E-state index >= 15 is 0 Å². The summed E-state index contributed by atoms with van der Waals surface area (Å²) >= 11 is 11.6. The van der Waals surface area contributed by atoms with Crippen molar-refractivity contribution in [2.45, 2.75) is 6.54 Å². The second-order valence-electron chi connectivity index (χ2n) is 4.34. The van der Waals surface area contributed by atoms with Gasteiger partial charge < -0.3 is 0 Å². The lowest BCUT2D eigenvalue weighted by Crippen LogP contribution is -2.27. The molecule has 0 atom stereocenters. The Hall–Kier alpha value is -0.760. The lowest BCUT2D eigenvalue weighted by molar-refractivity contribution is 0.299. The maximum Gasteiger partial charge on any atom is 0.0351 e. The number of rotatable bonds is 6. The van der Waals surface area contributed by atoms with Gasteiger partial charge in [-0.05, 0) is 22.4 Å². The highest BCUT2D eigenvalue weighted by Gasteiger charge is 2.05. The Morgan fingerprint density at radius 2 is 1.50 bits per heavy atom. The van der Waals surface area contributed by atoms with Crippen molar-refractivity contribution in [2.75, 3.05) is 24.8 Å². The molecule has 0 aliphatic rings. The molecule has 0 spiro atoms. The molecule has 0 radical (unpaired) electrons. The highest BCUT2D eigenvalue weighted by atomic mass is 35.5. The molecule has 18 heavy (non-hydrogen) atoms. The van der Waals surface area contributed by atoms with Gasteiger partial charge in [-0.25, -0.2) is 0 Å². The fourth-order valence-electron chi connectivity index (χ4n) is 2.10. The number of alkyl halides is 2. The maximum atomic E-state index is 5.81. The molecule has 0 aliphatic carbocycles. The Bertz CT molecular complexity index is 493. The average Bonchev–Trinajstić information content (AvgIpc) is 2.39. The van der Waals surface area contributed by atoms with Crippen LogP contribution in [0, 0.1) is 0 Å². The summed E-state index contributed by atoms with van der Waals surface area (Å²) in [6.07, 6.45) is 0. The summed E-state index contributed by atoms with van der Waals surface area (Å²) in [7, 11) is 0. The number of hydrogen-bond donors (Lipinski definition) is 0. The molecule has 0 amide bonds. The fraction of sp³-hybridized carbons (Fsp3) is 0.333. The second-order valence-corrected chi connectivity index (χ2v) is 5.09. The molecule has 1 nitrogen and oxygen atoms in total. The van der Waals surface area contributed by atoms with E-state index < -0.39 is 0 Å². The smallest absolute Gasteiger partial charge is 0.0351 e. The molecule has 0 bridgehead atoms. The normalized spacial score (nSPS) is 11.3. The number of nitrogens with zero attached hydrogens (tertiary/aromatic N) is 1. The summed E-state index contributed by atoms with van der Waals surface area (Å²) in [5, 5.41) is 2.56. The van der Waals surface area contributed by atoms with Crippen LogP contribution >= 0.6 is 23.2 Å². The standard InChI is InChI=1S/C15H17Cl2N/c16-7-9-18(10-8-17)12-13-5-6-14-3-1-2-4-15(14)11-13/h1-6,11H,7-10,12H2. The number of benzene rings is 2. The lowest BCUT2D eigenvalue weighted by Gasteiger charge is -2.20. The van der Waals surface area contributed by atoms with E-state index in [-0.39, 0.29) is 0 Å². The lowest BCUT2D eigenvalue weighted by atomic mass is 10.1. The van der Waals surface area contributed by atoms with E-state index in [0.29, 0.717) is 11.8 Å². The van der Waals surface area contributed by atoms with Crippen LogP contribution in [-0.4, -0.2) is 29.7 Å². The van der Waals surface area contributed by atoms with Gasteiger partial charge in [-0.3, -0.25) is 4.90 Å². The van der Waals surface area contributed by atoms with E-state index in [4.69, 9.17) is 23.2 Å². The maximum absolute atomic E-state index is 5.81. The van der Waals surface area contributed by atoms with Gasteiger partial charge in [-0.15, -0.1) is 23.2 Å². The summed E-state index contributed by atoms with van der Waals surface area (Å²) in [5.74, 6) is 1.29. The Morgan fingerprint density at radius 1 is 0.833 bits per heavy atom. The number of halogens is 2. The van der Waals surface area contributed by atoms with Crippen molar-refractivity contribution in [1.82, 2.24) is 4.90 Å². The Morgan fingerprint density at radius 3 is 2.17 bits per heavy atom. The first-order valence-corrected chi connectivity index (χ1v) is 7.22. The molecule has 0 unspecified atom stereocenters. The third-order valence-electron chi connectivity index (χ3n) is 3.02. The van der Waals surface area contributed by atoms with Crippen LogP contribution in [0.15, 0.2) is 42.5 Å². The highest BCUT2D eigenvalue weighted by Crippen LogP contribution is 2.16. The van der Waals surface area contributed by atoms with Crippen LogP contribution in [0.4, 0.5) is 0 Å². The molecular formula is C15H17Cl2N. The molecule has 0 heterocycles. The molecule has 96 valence electrons. The molecule has 2 aromatic rings. The van der Waals surface area contributed by atoms with Gasteiger partial charge >= 0.3 is 0 Å². The van der Waals surface area contributed by atoms with Gasteiger partial charge in [0.05, 0.1) is 0 Å². The summed E-state index contributed by atoms with van der Waals surface area (Å²) in [5.41, 5.74) is 1.31. The van der Waals surface area contributed by atoms with Crippen molar-refractivity contribution in [3.8, 4) is 0 Å². The SMILES string of the molecule is ClCCN(CCCl)Cc1ccc2ccccc2c1. The molecule has 0 aromatic heterocycles. The Balaban J connectivity index is 2.14. The molecule has 0 aliphatic heterocycles. The van der Waals surface area contributed by atoms with Gasteiger partial charge in [0, 0.05) is 31.4 Å². The van der Waals surface area contributed by atoms with E-state index in [1.807, 2.05) is 0 Å². The molecule has 0 N–H and O–H groups in total. The van der Waals surface area contributed by atoms with Crippen LogP contribution in [0.3, 0.4) is 0 Å². The van der Waals surface area contributed by atoms with Crippen LogP contribution in [0.1, 0.15) is 5.56 Å². The molecule has 3 heteroatoms. The van der Waals surface area contributed by atoms with E-state index in [1.165, 1.54) is 16.3 Å². The van der Waals surface area contributed by atoms with E-state index in [2.05, 4.69) is 47.4 Å². The van der Waals surface area contributed by atoms with Crippen LogP contribution in [-0.2, 0) is 6.54 Å². The minimum Gasteiger partial charge on any atom is -0.297 e. The minimum absolute atomic E-state index is 0.643. The summed E-state index contributed by atoms with van der Waals surface area (Å²) in [4.78, 5) is 2.28. The van der Waals surface area contributed by atoms with Gasteiger partial charge in [0.25, 0.3) is 0 Å². The van der Waals surface area contributed by atoms with Gasteiger partial charge in [0.1, 0.15) is 0 Å². The Labute approximate surface area is 118 Å². The average molecular weight is 282 g/mol. The first-order chi connectivity index (χ1) is 8.83. The zero-order chi connectivity index (χ0) is 12.8. The molecule has 0 saturated heterocycles. The van der Waals surface area contributed by atoms with Crippen LogP contribution in [0.25, 0.3) is 10.8 Å². The van der Waals surface area contributed by atoms with Crippen molar-refractivity contribution in [2.24, 2.45) is 0 Å². The molecule has 0 saturated carbocycles. The molecule has 2 rings (SSSR count). The zero-order valence-electron chi connectivity index (χ0n) is 10.3. The summed E-state index contributed by atoms with van der Waals surface area (Å²) < 4.78 is 0. The largest absolute Gasteiger partial charge is 0.297 e. The predicted octanol–water partition coefficient (Wildman–Crippen LogP) is 4.12. The third kappa shape index (κ3) is 3.61. The predicted molar refractivity (Wildman–Crippen MR) is 80.7 cm³/mol. The van der Waals surface area contributed by atoms with E-state index in [0.717, 1.165) is 19.6 Å².